The molecule has 8 nitrogen and oxygen atoms in total. The Morgan fingerprint density at radius 1 is 1.00 bits per heavy atom. The summed E-state index contributed by atoms with van der Waals surface area (Å²) in [5.41, 5.74) is 1.31. The topological polar surface area (TPSA) is 99.7 Å². The number of amides is 2. The molecule has 4 rings (SSSR count). The number of aromatic nitrogens is 1. The van der Waals surface area contributed by atoms with Crippen LogP contribution in [0.2, 0.25) is 4.34 Å². The Hall–Kier alpha value is -2.79. The lowest BCUT2D eigenvalue weighted by molar-refractivity contribution is 0.0698. The van der Waals surface area contributed by atoms with Gasteiger partial charge in [-0.3, -0.25) is 14.6 Å². The molecular weight excluding hydrogens is 472 g/mol. The van der Waals surface area contributed by atoms with Crippen molar-refractivity contribution in [1.29, 1.82) is 0 Å². The number of anilines is 1. The third kappa shape index (κ3) is 4.83. The zero-order valence-corrected chi connectivity index (χ0v) is 19.2. The van der Waals surface area contributed by atoms with Gasteiger partial charge in [-0.15, -0.1) is 11.3 Å². The number of nitrogens with zero attached hydrogens (tertiary/aromatic N) is 3. The van der Waals surface area contributed by atoms with E-state index in [1.165, 1.54) is 16.6 Å². The fourth-order valence-corrected chi connectivity index (χ4v) is 6.37. The summed E-state index contributed by atoms with van der Waals surface area (Å²) in [4.78, 5) is 30.8. The molecule has 1 aromatic carbocycles. The molecular formula is C21H19ClN4O4S2. The van der Waals surface area contributed by atoms with Crippen LogP contribution < -0.4 is 5.32 Å². The highest BCUT2D eigenvalue weighted by Crippen LogP contribution is 2.28. The second-order valence-electron chi connectivity index (χ2n) is 7.03. The fourth-order valence-electron chi connectivity index (χ4n) is 3.31. The summed E-state index contributed by atoms with van der Waals surface area (Å²) in [7, 11) is -3.62. The Labute approximate surface area is 194 Å². The van der Waals surface area contributed by atoms with E-state index in [0.29, 0.717) is 21.2 Å². The number of carbonyl (C=O) groups is 2. The van der Waals surface area contributed by atoms with Gasteiger partial charge in [0.25, 0.3) is 21.8 Å². The van der Waals surface area contributed by atoms with E-state index in [2.05, 4.69) is 10.3 Å². The number of piperazine rings is 1. The third-order valence-electron chi connectivity index (χ3n) is 4.96. The first-order chi connectivity index (χ1) is 15.3. The number of hydrogen-bond donors (Lipinski definition) is 1. The van der Waals surface area contributed by atoms with E-state index < -0.39 is 10.0 Å². The zero-order valence-electron chi connectivity index (χ0n) is 16.8. The Balaban J connectivity index is 1.40. The van der Waals surface area contributed by atoms with Crippen LogP contribution in [-0.2, 0) is 10.0 Å². The summed E-state index contributed by atoms with van der Waals surface area (Å²) in [6, 6.07) is 13.0. The number of rotatable bonds is 5. The summed E-state index contributed by atoms with van der Waals surface area (Å²) in [6.45, 7) is 0.926. The lowest BCUT2D eigenvalue weighted by Crippen LogP contribution is -2.50. The number of pyridine rings is 1. The number of sulfonamides is 1. The molecule has 1 fully saturated rings. The minimum Gasteiger partial charge on any atom is -0.336 e. The molecule has 1 aliphatic rings. The second kappa shape index (κ2) is 9.37. The van der Waals surface area contributed by atoms with E-state index in [0.717, 1.165) is 11.3 Å². The molecule has 0 bridgehead atoms. The number of thiophene rings is 1. The molecule has 2 amide bonds. The van der Waals surface area contributed by atoms with Crippen LogP contribution in [0.4, 0.5) is 5.69 Å². The van der Waals surface area contributed by atoms with Gasteiger partial charge < -0.3 is 10.2 Å². The maximum Gasteiger partial charge on any atom is 0.257 e. The van der Waals surface area contributed by atoms with Gasteiger partial charge in [0.2, 0.25) is 0 Å². The van der Waals surface area contributed by atoms with Crippen molar-refractivity contribution in [3.8, 4) is 0 Å². The second-order valence-corrected chi connectivity index (χ2v) is 10.9. The van der Waals surface area contributed by atoms with Gasteiger partial charge in [0.15, 0.2) is 0 Å². The molecule has 3 heterocycles. The SMILES string of the molecule is O=C(Nc1cccc(C(=O)N2CCN(S(=O)(=O)c3ccc(Cl)s3)CC2)c1)c1cccnc1. The molecule has 0 radical (unpaired) electrons. The summed E-state index contributed by atoms with van der Waals surface area (Å²) in [5, 5.41) is 2.76. The quantitative estimate of drug-likeness (QED) is 0.592. The highest BCUT2D eigenvalue weighted by molar-refractivity contribution is 7.91. The summed E-state index contributed by atoms with van der Waals surface area (Å²) in [5.74, 6) is -0.547. The predicted octanol–water partition coefficient (Wildman–Crippen LogP) is 3.20. The summed E-state index contributed by atoms with van der Waals surface area (Å²) in [6.07, 6.45) is 3.04. The average molecular weight is 491 g/mol. The minimum atomic E-state index is -3.62. The van der Waals surface area contributed by atoms with Crippen LogP contribution in [0.1, 0.15) is 20.7 Å². The van der Waals surface area contributed by atoms with Crippen LogP contribution in [0.15, 0.2) is 65.1 Å². The molecule has 0 spiro atoms. The first kappa shape index (κ1) is 22.4. The average Bonchev–Trinajstić information content (AvgIpc) is 3.26. The highest BCUT2D eigenvalue weighted by Gasteiger charge is 2.31. The van der Waals surface area contributed by atoms with E-state index in [-0.39, 0.29) is 42.2 Å². The Bertz CT molecular complexity index is 1240. The molecule has 32 heavy (non-hydrogen) atoms. The molecule has 1 saturated heterocycles. The number of halogens is 1. The van der Waals surface area contributed by atoms with E-state index in [1.54, 1.807) is 53.6 Å². The number of benzene rings is 1. The molecule has 1 aliphatic heterocycles. The van der Waals surface area contributed by atoms with Crippen molar-refractivity contribution in [1.82, 2.24) is 14.2 Å². The number of nitrogens with one attached hydrogen (secondary N) is 1. The minimum absolute atomic E-state index is 0.194. The van der Waals surface area contributed by atoms with Crippen molar-refractivity contribution < 1.29 is 18.0 Å². The molecule has 0 aliphatic carbocycles. The van der Waals surface area contributed by atoms with E-state index in [9.17, 15) is 18.0 Å². The van der Waals surface area contributed by atoms with Crippen LogP contribution in [-0.4, -0.2) is 60.6 Å². The van der Waals surface area contributed by atoms with E-state index in [1.807, 2.05) is 0 Å². The number of hydrogen-bond acceptors (Lipinski definition) is 6. The van der Waals surface area contributed by atoms with Crippen LogP contribution in [0.25, 0.3) is 0 Å². The van der Waals surface area contributed by atoms with Crippen molar-refractivity contribution in [2.24, 2.45) is 0 Å². The third-order valence-corrected chi connectivity index (χ3v) is 8.56. The fraction of sp³-hybridized carbons (Fsp3) is 0.190. The van der Waals surface area contributed by atoms with Crippen molar-refractivity contribution >= 4 is 50.5 Å². The molecule has 1 N–H and O–H groups in total. The molecule has 0 atom stereocenters. The normalized spacial score (nSPS) is 14.8. The smallest absolute Gasteiger partial charge is 0.257 e. The van der Waals surface area contributed by atoms with Gasteiger partial charge in [-0.05, 0) is 42.5 Å². The molecule has 2 aromatic heterocycles. The highest BCUT2D eigenvalue weighted by atomic mass is 35.5. The van der Waals surface area contributed by atoms with Crippen molar-refractivity contribution in [3.05, 3.63) is 76.4 Å². The van der Waals surface area contributed by atoms with Gasteiger partial charge >= 0.3 is 0 Å². The maximum atomic E-state index is 13.0. The largest absolute Gasteiger partial charge is 0.336 e. The van der Waals surface area contributed by atoms with E-state index >= 15 is 0 Å². The Morgan fingerprint density at radius 3 is 2.41 bits per heavy atom. The van der Waals surface area contributed by atoms with Gasteiger partial charge in [0.05, 0.1) is 9.90 Å². The molecule has 11 heteroatoms. The predicted molar refractivity (Wildman–Crippen MR) is 123 cm³/mol. The van der Waals surface area contributed by atoms with Gasteiger partial charge in [-0.25, -0.2) is 8.42 Å². The first-order valence-electron chi connectivity index (χ1n) is 9.71. The standard InChI is InChI=1S/C21H19ClN4O4S2/c22-18-6-7-19(31-18)32(29,30)26-11-9-25(10-12-26)21(28)15-3-1-5-17(13-15)24-20(27)16-4-2-8-23-14-16/h1-8,13-14H,9-12H2,(H,24,27). The monoisotopic (exact) mass is 490 g/mol. The zero-order chi connectivity index (χ0) is 22.7. The Kier molecular flexibility index (Phi) is 6.56. The molecule has 0 saturated carbocycles. The molecule has 166 valence electrons. The van der Waals surface area contributed by atoms with Gasteiger partial charge in [0.1, 0.15) is 4.21 Å². The summed E-state index contributed by atoms with van der Waals surface area (Å²) >= 11 is 6.88. The van der Waals surface area contributed by atoms with Crippen LogP contribution in [0.5, 0.6) is 0 Å². The van der Waals surface area contributed by atoms with Gasteiger partial charge in [0, 0.05) is 49.8 Å². The first-order valence-corrected chi connectivity index (χ1v) is 12.3. The van der Waals surface area contributed by atoms with Crippen molar-refractivity contribution in [2.45, 2.75) is 4.21 Å². The van der Waals surface area contributed by atoms with Crippen LogP contribution in [0, 0.1) is 0 Å². The lowest BCUT2D eigenvalue weighted by Gasteiger charge is -2.33. The lowest BCUT2D eigenvalue weighted by atomic mass is 10.1. The van der Waals surface area contributed by atoms with Crippen molar-refractivity contribution in [3.63, 3.8) is 0 Å². The van der Waals surface area contributed by atoms with Gasteiger partial charge in [-0.1, -0.05) is 17.7 Å². The Morgan fingerprint density at radius 2 is 1.75 bits per heavy atom. The molecule has 3 aromatic rings. The van der Waals surface area contributed by atoms with Crippen LogP contribution >= 0.6 is 22.9 Å². The maximum absolute atomic E-state index is 13.0. The van der Waals surface area contributed by atoms with E-state index in [4.69, 9.17) is 11.6 Å². The van der Waals surface area contributed by atoms with Gasteiger partial charge in [-0.2, -0.15) is 4.31 Å². The molecule has 0 unspecified atom stereocenters. The van der Waals surface area contributed by atoms with Crippen molar-refractivity contribution in [2.75, 3.05) is 31.5 Å². The summed E-state index contributed by atoms with van der Waals surface area (Å²) < 4.78 is 27.5. The number of carbonyl (C=O) groups excluding carboxylic acids is 2. The van der Waals surface area contributed by atoms with Crippen LogP contribution in [0.3, 0.4) is 0 Å².